The molecule has 0 aromatic heterocycles. The van der Waals surface area contributed by atoms with E-state index in [1.54, 1.807) is 7.11 Å². The van der Waals surface area contributed by atoms with Gasteiger partial charge in [-0.15, -0.1) is 0 Å². The molecule has 0 saturated heterocycles. The number of nitrogens with one attached hydrogen (secondary N) is 2. The van der Waals surface area contributed by atoms with Gasteiger partial charge < -0.3 is 20.5 Å². The van der Waals surface area contributed by atoms with Crippen molar-refractivity contribution in [2.24, 2.45) is 0 Å². The Morgan fingerprint density at radius 1 is 1.43 bits per heavy atom. The summed E-state index contributed by atoms with van der Waals surface area (Å²) in [6, 6.07) is 5.08. The fourth-order valence-corrected chi connectivity index (χ4v) is 2.28. The topological polar surface area (TPSA) is 87.7 Å². The maximum absolute atomic E-state index is 11.7. The highest BCUT2D eigenvalue weighted by molar-refractivity contribution is 9.10. The predicted octanol–water partition coefficient (Wildman–Crippen LogP) is 2.68. The molecule has 2 amide bonds. The van der Waals surface area contributed by atoms with Crippen molar-refractivity contribution in [1.29, 1.82) is 0 Å². The van der Waals surface area contributed by atoms with Gasteiger partial charge >= 0.3 is 12.0 Å². The number of hydrogen-bond acceptors (Lipinski definition) is 3. The minimum atomic E-state index is -0.867. The molecule has 0 heterocycles. The summed E-state index contributed by atoms with van der Waals surface area (Å²) in [5.74, 6) is -0.141. The third-order valence-corrected chi connectivity index (χ3v) is 3.50. The maximum atomic E-state index is 11.7. The second-order valence-corrected chi connectivity index (χ2v) is 5.37. The van der Waals surface area contributed by atoms with Crippen LogP contribution in [0.5, 0.6) is 5.75 Å². The van der Waals surface area contributed by atoms with E-state index in [0.717, 1.165) is 15.8 Å². The summed E-state index contributed by atoms with van der Waals surface area (Å²) in [7, 11) is 1.59. The molecular weight excluding hydrogens is 340 g/mol. The van der Waals surface area contributed by atoms with Gasteiger partial charge in [-0.3, -0.25) is 4.79 Å². The van der Waals surface area contributed by atoms with Crippen LogP contribution in [0.2, 0.25) is 0 Å². The number of carboxylic acid groups (broad SMARTS) is 1. The van der Waals surface area contributed by atoms with Crippen LogP contribution < -0.4 is 15.4 Å². The number of carboxylic acids is 1. The molecule has 0 bridgehead atoms. The Labute approximate surface area is 132 Å². The van der Waals surface area contributed by atoms with Crippen LogP contribution in [0.4, 0.5) is 4.79 Å². The number of methoxy groups -OCH3 is 1. The van der Waals surface area contributed by atoms with E-state index in [4.69, 9.17) is 9.84 Å². The number of rotatable bonds is 7. The molecule has 1 aromatic rings. The van der Waals surface area contributed by atoms with E-state index in [1.807, 2.05) is 25.1 Å². The van der Waals surface area contributed by atoms with Gasteiger partial charge in [-0.25, -0.2) is 4.79 Å². The number of aliphatic carboxylic acids is 1. The minimum Gasteiger partial charge on any atom is -0.496 e. The van der Waals surface area contributed by atoms with Gasteiger partial charge in [-0.2, -0.15) is 0 Å². The monoisotopic (exact) mass is 358 g/mol. The van der Waals surface area contributed by atoms with E-state index in [0.29, 0.717) is 13.0 Å². The zero-order valence-corrected chi connectivity index (χ0v) is 13.6. The van der Waals surface area contributed by atoms with Crippen molar-refractivity contribution in [2.75, 3.05) is 13.7 Å². The Kier molecular flexibility index (Phi) is 7.01. The number of halogens is 1. The van der Waals surface area contributed by atoms with E-state index in [-0.39, 0.29) is 18.5 Å². The quantitative estimate of drug-likeness (QED) is 0.654. The van der Waals surface area contributed by atoms with Crippen LogP contribution in [-0.2, 0) is 4.79 Å². The number of carbonyl (C=O) groups excluding carboxylic acids is 1. The lowest BCUT2D eigenvalue weighted by atomic mass is 10.1. The van der Waals surface area contributed by atoms with Crippen molar-refractivity contribution in [3.05, 3.63) is 28.2 Å². The van der Waals surface area contributed by atoms with Gasteiger partial charge in [0.2, 0.25) is 0 Å². The average Bonchev–Trinajstić information content (AvgIpc) is 2.43. The Morgan fingerprint density at radius 3 is 2.71 bits per heavy atom. The zero-order valence-electron chi connectivity index (χ0n) is 12.0. The molecule has 6 nitrogen and oxygen atoms in total. The first-order valence-corrected chi connectivity index (χ1v) is 7.33. The summed E-state index contributed by atoms with van der Waals surface area (Å²) in [6.45, 7) is 2.20. The van der Waals surface area contributed by atoms with Crippen molar-refractivity contribution >= 4 is 27.9 Å². The zero-order chi connectivity index (χ0) is 15.8. The average molecular weight is 359 g/mol. The fourth-order valence-electron chi connectivity index (χ4n) is 1.72. The molecule has 7 heteroatoms. The number of urea groups is 1. The molecule has 0 radical (unpaired) electrons. The molecule has 0 aliphatic heterocycles. The largest absolute Gasteiger partial charge is 0.496 e. The summed E-state index contributed by atoms with van der Waals surface area (Å²) in [5, 5.41) is 13.9. The van der Waals surface area contributed by atoms with Crippen LogP contribution in [0.1, 0.15) is 31.4 Å². The normalized spacial score (nSPS) is 11.6. The lowest BCUT2D eigenvalue weighted by molar-refractivity contribution is -0.137. The highest BCUT2D eigenvalue weighted by atomic mass is 79.9. The molecule has 3 N–H and O–H groups in total. The van der Waals surface area contributed by atoms with Crippen molar-refractivity contribution < 1.29 is 19.4 Å². The number of hydrogen-bond donors (Lipinski definition) is 3. The molecule has 21 heavy (non-hydrogen) atoms. The van der Waals surface area contributed by atoms with Crippen LogP contribution >= 0.6 is 15.9 Å². The lowest BCUT2D eigenvalue weighted by Crippen LogP contribution is -2.37. The van der Waals surface area contributed by atoms with Crippen LogP contribution in [0.15, 0.2) is 22.7 Å². The number of ether oxygens (including phenoxy) is 1. The van der Waals surface area contributed by atoms with E-state index < -0.39 is 5.97 Å². The predicted molar refractivity (Wildman–Crippen MR) is 82.5 cm³/mol. The van der Waals surface area contributed by atoms with Gasteiger partial charge in [-0.05, 0) is 47.0 Å². The Hall–Kier alpha value is -1.76. The first-order valence-electron chi connectivity index (χ1n) is 6.53. The molecule has 0 aliphatic carbocycles. The van der Waals surface area contributed by atoms with Crippen LogP contribution in [-0.4, -0.2) is 30.8 Å². The van der Waals surface area contributed by atoms with Crippen molar-refractivity contribution in [3.8, 4) is 5.75 Å². The smallest absolute Gasteiger partial charge is 0.315 e. The van der Waals surface area contributed by atoms with Crippen molar-refractivity contribution in [3.63, 3.8) is 0 Å². The molecule has 1 unspecified atom stereocenters. The molecule has 116 valence electrons. The van der Waals surface area contributed by atoms with Gasteiger partial charge in [0.1, 0.15) is 5.75 Å². The van der Waals surface area contributed by atoms with Gasteiger partial charge in [0, 0.05) is 13.0 Å². The SMILES string of the molecule is COc1ccc(C(C)NC(=O)NCCCC(=O)O)cc1Br. The second-order valence-electron chi connectivity index (χ2n) is 4.51. The molecule has 0 saturated carbocycles. The van der Waals surface area contributed by atoms with E-state index in [9.17, 15) is 9.59 Å². The van der Waals surface area contributed by atoms with Gasteiger partial charge in [-0.1, -0.05) is 6.07 Å². The maximum Gasteiger partial charge on any atom is 0.315 e. The standard InChI is InChI=1S/C14H19BrN2O4/c1-9(10-5-6-12(21-2)11(15)8-10)17-14(20)16-7-3-4-13(18)19/h5-6,8-9H,3-4,7H2,1-2H3,(H,18,19)(H2,16,17,20). The molecule has 1 atom stereocenters. The summed E-state index contributed by atoms with van der Waals surface area (Å²) < 4.78 is 5.97. The number of amides is 2. The Balaban J connectivity index is 2.45. The molecule has 0 fully saturated rings. The summed E-state index contributed by atoms with van der Waals surface area (Å²) in [4.78, 5) is 22.0. The van der Waals surface area contributed by atoms with E-state index in [2.05, 4.69) is 26.6 Å². The second kappa shape index (κ2) is 8.51. The Morgan fingerprint density at radius 2 is 2.14 bits per heavy atom. The molecule has 1 rings (SSSR count). The van der Waals surface area contributed by atoms with Crippen LogP contribution in [0, 0.1) is 0 Å². The number of benzene rings is 1. The third kappa shape index (κ3) is 6.03. The number of carbonyl (C=O) groups is 2. The minimum absolute atomic E-state index is 0.0429. The molecule has 0 spiro atoms. The van der Waals surface area contributed by atoms with E-state index in [1.165, 1.54) is 0 Å². The first kappa shape index (κ1) is 17.3. The molecular formula is C14H19BrN2O4. The lowest BCUT2D eigenvalue weighted by Gasteiger charge is -2.16. The van der Waals surface area contributed by atoms with Gasteiger partial charge in [0.25, 0.3) is 0 Å². The van der Waals surface area contributed by atoms with Crippen molar-refractivity contribution in [1.82, 2.24) is 10.6 Å². The summed E-state index contributed by atoms with van der Waals surface area (Å²) >= 11 is 3.40. The molecule has 1 aromatic carbocycles. The first-order chi connectivity index (χ1) is 9.93. The summed E-state index contributed by atoms with van der Waals surface area (Å²) in [6.07, 6.45) is 0.451. The van der Waals surface area contributed by atoms with Crippen LogP contribution in [0.25, 0.3) is 0 Å². The van der Waals surface area contributed by atoms with Gasteiger partial charge in [0.15, 0.2) is 0 Å². The summed E-state index contributed by atoms with van der Waals surface area (Å²) in [5.41, 5.74) is 0.934. The molecule has 0 aliphatic rings. The van der Waals surface area contributed by atoms with Gasteiger partial charge in [0.05, 0.1) is 17.6 Å². The van der Waals surface area contributed by atoms with Crippen LogP contribution in [0.3, 0.4) is 0 Å². The van der Waals surface area contributed by atoms with Crippen molar-refractivity contribution in [2.45, 2.75) is 25.8 Å². The third-order valence-electron chi connectivity index (χ3n) is 2.88. The highest BCUT2D eigenvalue weighted by Gasteiger charge is 2.11. The van der Waals surface area contributed by atoms with E-state index >= 15 is 0 Å². The Bertz CT molecular complexity index is 508. The highest BCUT2D eigenvalue weighted by Crippen LogP contribution is 2.27. The fraction of sp³-hybridized carbons (Fsp3) is 0.429.